The average molecular weight is 549 g/mol. The quantitative estimate of drug-likeness (QED) is 0.194. The van der Waals surface area contributed by atoms with Crippen LogP contribution in [0.2, 0.25) is 0 Å². The minimum atomic E-state index is -1.26. The molecule has 0 unspecified atom stereocenters. The highest BCUT2D eigenvalue weighted by molar-refractivity contribution is 6.07. The Hall–Kier alpha value is -4.39. The maximum absolute atomic E-state index is 13.8. The number of nitrogens with one attached hydrogen (secondary N) is 2. The summed E-state index contributed by atoms with van der Waals surface area (Å²) in [5, 5.41) is 24.0. The van der Waals surface area contributed by atoms with Crippen LogP contribution in [0.25, 0.3) is 22.0 Å². The molecule has 4 fully saturated rings. The van der Waals surface area contributed by atoms with Crippen molar-refractivity contribution in [2.24, 2.45) is 23.2 Å². The van der Waals surface area contributed by atoms with E-state index in [0.29, 0.717) is 5.56 Å². The monoisotopic (exact) mass is 548 g/mol. The second-order valence-electron chi connectivity index (χ2n) is 12.6. The highest BCUT2D eigenvalue weighted by Gasteiger charge is 2.51. The highest BCUT2D eigenvalue weighted by Crippen LogP contribution is 2.61. The Labute approximate surface area is 237 Å². The fourth-order valence-electron chi connectivity index (χ4n) is 8.38. The van der Waals surface area contributed by atoms with E-state index in [2.05, 4.69) is 40.6 Å². The predicted molar refractivity (Wildman–Crippen MR) is 156 cm³/mol. The number of carboxylic acids is 2. The number of H-pyrrole nitrogens is 1. The summed E-state index contributed by atoms with van der Waals surface area (Å²) in [6, 6.07) is 20.0. The molecule has 0 aliphatic heterocycles. The van der Waals surface area contributed by atoms with Crippen LogP contribution in [0.5, 0.6) is 0 Å². The maximum Gasteiger partial charge on any atom is 0.335 e. The molecular formula is C34H32N2O5. The summed E-state index contributed by atoms with van der Waals surface area (Å²) in [5.74, 6) is -0.561. The minimum absolute atomic E-state index is 0.140. The van der Waals surface area contributed by atoms with Crippen molar-refractivity contribution in [3.63, 3.8) is 0 Å². The van der Waals surface area contributed by atoms with Crippen LogP contribution in [0.15, 0.2) is 66.7 Å². The molecule has 41 heavy (non-hydrogen) atoms. The number of hydrogen-bond acceptors (Lipinski definition) is 3. The summed E-state index contributed by atoms with van der Waals surface area (Å²) in [7, 11) is 0. The van der Waals surface area contributed by atoms with Crippen molar-refractivity contribution in [2.75, 3.05) is 5.32 Å². The lowest BCUT2D eigenvalue weighted by atomic mass is 9.48. The van der Waals surface area contributed by atoms with E-state index >= 15 is 0 Å². The third kappa shape index (κ3) is 4.79. The third-order valence-electron chi connectivity index (χ3n) is 9.61. The van der Waals surface area contributed by atoms with Crippen LogP contribution in [-0.4, -0.2) is 33.0 Å². The van der Waals surface area contributed by atoms with Crippen molar-refractivity contribution < 1.29 is 24.6 Å². The Bertz CT molecular complexity index is 1650. The van der Waals surface area contributed by atoms with Crippen LogP contribution in [0.1, 0.15) is 75.3 Å². The van der Waals surface area contributed by atoms with Crippen LogP contribution in [0.4, 0.5) is 5.69 Å². The summed E-state index contributed by atoms with van der Waals surface area (Å²) in [5.41, 5.74) is 3.18. The summed E-state index contributed by atoms with van der Waals surface area (Å²) < 4.78 is 0. The van der Waals surface area contributed by atoms with Crippen LogP contribution < -0.4 is 5.32 Å². The fourth-order valence-corrected chi connectivity index (χ4v) is 8.38. The lowest BCUT2D eigenvalue weighted by Gasteiger charge is -2.57. The lowest BCUT2D eigenvalue weighted by Crippen LogP contribution is -2.47. The van der Waals surface area contributed by atoms with Gasteiger partial charge in [-0.25, -0.2) is 9.59 Å². The van der Waals surface area contributed by atoms with Gasteiger partial charge in [0, 0.05) is 17.1 Å². The van der Waals surface area contributed by atoms with E-state index in [4.69, 9.17) is 0 Å². The lowest BCUT2D eigenvalue weighted by molar-refractivity contribution is -0.0526. The van der Waals surface area contributed by atoms with Crippen LogP contribution >= 0.6 is 0 Å². The van der Waals surface area contributed by atoms with Gasteiger partial charge in [-0.1, -0.05) is 36.4 Å². The molecule has 4 aliphatic rings. The first-order valence-corrected chi connectivity index (χ1v) is 14.4. The Balaban J connectivity index is 1.27. The van der Waals surface area contributed by atoms with Crippen LogP contribution in [0, 0.1) is 23.2 Å². The van der Waals surface area contributed by atoms with E-state index in [1.807, 2.05) is 18.2 Å². The molecule has 7 heteroatoms. The number of carbonyl (C=O) groups is 3. The molecule has 0 spiro atoms. The van der Waals surface area contributed by atoms with Crippen molar-refractivity contribution in [3.8, 4) is 11.3 Å². The molecule has 4 bridgehead atoms. The molecule has 4 saturated carbocycles. The van der Waals surface area contributed by atoms with Gasteiger partial charge in [0.05, 0.1) is 16.7 Å². The first-order chi connectivity index (χ1) is 19.7. The first kappa shape index (κ1) is 25.6. The van der Waals surface area contributed by atoms with E-state index in [0.717, 1.165) is 58.0 Å². The van der Waals surface area contributed by atoms with Gasteiger partial charge >= 0.3 is 11.9 Å². The molecule has 7 nitrogen and oxygen atoms in total. The number of fused-ring (bicyclic) bond motifs is 1. The largest absolute Gasteiger partial charge is 0.478 e. The van der Waals surface area contributed by atoms with Crippen LogP contribution in [0.3, 0.4) is 0 Å². The van der Waals surface area contributed by atoms with Gasteiger partial charge in [0.15, 0.2) is 0 Å². The Morgan fingerprint density at radius 2 is 1.39 bits per heavy atom. The standard InChI is InChI=1S/C34H32N2O5/c37-31(35-27-12-25(32(38)39)11-26(13-27)33(40)41)28-14-29(24-6-5-22-3-1-2-4-23(22)10-24)36-30(28)18-34-15-19-7-20(16-34)9-21(8-19)17-34/h1-6,10-14,19-21,36H,7-9,15-18H2,(H,35,37)(H,38,39)(H,40,41). The number of aromatic amines is 1. The second-order valence-corrected chi connectivity index (χ2v) is 12.6. The number of rotatable bonds is 7. The summed E-state index contributed by atoms with van der Waals surface area (Å²) in [4.78, 5) is 40.7. The Morgan fingerprint density at radius 1 is 0.780 bits per heavy atom. The van der Waals surface area contributed by atoms with Gasteiger partial charge in [-0.2, -0.15) is 0 Å². The number of amides is 1. The van der Waals surface area contributed by atoms with Crippen LogP contribution in [-0.2, 0) is 6.42 Å². The molecule has 3 aromatic carbocycles. The number of benzene rings is 3. The van der Waals surface area contributed by atoms with Gasteiger partial charge in [0.25, 0.3) is 5.91 Å². The van der Waals surface area contributed by atoms with Crippen molar-refractivity contribution >= 4 is 34.3 Å². The molecule has 208 valence electrons. The van der Waals surface area contributed by atoms with E-state index in [1.54, 1.807) is 0 Å². The van der Waals surface area contributed by atoms with Gasteiger partial charge in [0.1, 0.15) is 0 Å². The Kier molecular flexibility index (Phi) is 6.00. The average Bonchev–Trinajstić information content (AvgIpc) is 3.35. The molecule has 4 aliphatic carbocycles. The molecular weight excluding hydrogens is 516 g/mol. The predicted octanol–water partition coefficient (Wildman–Crippen LogP) is 7.24. The highest BCUT2D eigenvalue weighted by atomic mass is 16.4. The SMILES string of the molecule is O=C(O)c1cc(NC(=O)c2cc(-c3ccc4ccccc4c3)[nH]c2CC23CC4CC(CC(C4)C2)C3)cc(C(=O)O)c1. The van der Waals surface area contributed by atoms with Crippen molar-refractivity contribution in [1.29, 1.82) is 0 Å². The topological polar surface area (TPSA) is 119 Å². The first-order valence-electron chi connectivity index (χ1n) is 14.4. The third-order valence-corrected chi connectivity index (χ3v) is 9.61. The zero-order valence-corrected chi connectivity index (χ0v) is 22.7. The minimum Gasteiger partial charge on any atom is -0.478 e. The van der Waals surface area contributed by atoms with E-state index in [9.17, 15) is 24.6 Å². The van der Waals surface area contributed by atoms with Gasteiger partial charge in [-0.15, -0.1) is 0 Å². The molecule has 8 rings (SSSR count). The van der Waals surface area contributed by atoms with E-state index < -0.39 is 11.9 Å². The van der Waals surface area contributed by atoms with Crippen molar-refractivity contribution in [1.82, 2.24) is 4.98 Å². The maximum atomic E-state index is 13.8. The number of aromatic carboxylic acids is 2. The van der Waals surface area contributed by atoms with Gasteiger partial charge in [-0.05, 0) is 115 Å². The zero-order valence-electron chi connectivity index (χ0n) is 22.7. The van der Waals surface area contributed by atoms with Crippen molar-refractivity contribution in [3.05, 3.63) is 89.1 Å². The molecule has 0 radical (unpaired) electrons. The molecule has 0 atom stereocenters. The zero-order chi connectivity index (χ0) is 28.3. The number of carbonyl (C=O) groups excluding carboxylic acids is 1. The van der Waals surface area contributed by atoms with Gasteiger partial charge in [0.2, 0.25) is 0 Å². The molecule has 1 aromatic heterocycles. The Morgan fingerprint density at radius 3 is 2.00 bits per heavy atom. The molecule has 1 heterocycles. The smallest absolute Gasteiger partial charge is 0.335 e. The summed E-state index contributed by atoms with van der Waals surface area (Å²) in [6.45, 7) is 0. The molecule has 4 aromatic rings. The normalized spacial score (nSPS) is 24.4. The van der Waals surface area contributed by atoms with E-state index in [1.165, 1.54) is 50.7 Å². The molecule has 4 N–H and O–H groups in total. The number of aromatic nitrogens is 1. The van der Waals surface area contributed by atoms with E-state index in [-0.39, 0.29) is 28.1 Å². The van der Waals surface area contributed by atoms with Crippen molar-refractivity contribution in [2.45, 2.75) is 44.9 Å². The number of anilines is 1. The molecule has 1 amide bonds. The van der Waals surface area contributed by atoms with Gasteiger partial charge < -0.3 is 20.5 Å². The fraction of sp³-hybridized carbons (Fsp3) is 0.324. The second kappa shape index (κ2) is 9.61. The number of carboxylic acid groups (broad SMARTS) is 2. The summed E-state index contributed by atoms with van der Waals surface area (Å²) in [6.07, 6.45) is 8.41. The van der Waals surface area contributed by atoms with Gasteiger partial charge in [-0.3, -0.25) is 4.79 Å². The molecule has 0 saturated heterocycles. The summed E-state index contributed by atoms with van der Waals surface area (Å²) >= 11 is 0. The number of hydrogen-bond donors (Lipinski definition) is 4.